The van der Waals surface area contributed by atoms with E-state index in [1.165, 1.54) is 6.07 Å². The Labute approximate surface area is 144 Å². The van der Waals surface area contributed by atoms with E-state index < -0.39 is 28.9 Å². The predicted octanol–water partition coefficient (Wildman–Crippen LogP) is 2.38. The topological polar surface area (TPSA) is 75.6 Å². The maximum absolute atomic E-state index is 14.4. The molecule has 2 aliphatic rings. The second-order valence-electron chi connectivity index (χ2n) is 6.84. The quantitative estimate of drug-likeness (QED) is 0.871. The maximum atomic E-state index is 14.4. The lowest BCUT2D eigenvalue weighted by Crippen LogP contribution is -2.51. The number of carboxylic acid groups (broad SMARTS) is 1. The van der Waals surface area contributed by atoms with E-state index in [0.29, 0.717) is 45.3 Å². The summed E-state index contributed by atoms with van der Waals surface area (Å²) in [6, 6.07) is 3.02. The van der Waals surface area contributed by atoms with Crippen LogP contribution in [0.3, 0.4) is 0 Å². The molecule has 1 amide bonds. The molecule has 1 saturated carbocycles. The summed E-state index contributed by atoms with van der Waals surface area (Å²) < 4.78 is 33.0. The van der Waals surface area contributed by atoms with E-state index in [4.69, 9.17) is 9.84 Å². The second kappa shape index (κ2) is 7.07. The van der Waals surface area contributed by atoms with Gasteiger partial charge in [-0.1, -0.05) is 6.07 Å². The molecule has 2 N–H and O–H groups in total. The van der Waals surface area contributed by atoms with Crippen molar-refractivity contribution < 1.29 is 28.2 Å². The van der Waals surface area contributed by atoms with Gasteiger partial charge in [0.05, 0.1) is 11.3 Å². The van der Waals surface area contributed by atoms with E-state index in [-0.39, 0.29) is 17.5 Å². The summed E-state index contributed by atoms with van der Waals surface area (Å²) in [7, 11) is 0. The first-order chi connectivity index (χ1) is 11.9. The van der Waals surface area contributed by atoms with Gasteiger partial charge in [0, 0.05) is 30.9 Å². The summed E-state index contributed by atoms with van der Waals surface area (Å²) in [5.41, 5.74) is -0.945. The third kappa shape index (κ3) is 3.51. The first kappa shape index (κ1) is 17.8. The van der Waals surface area contributed by atoms with Gasteiger partial charge in [-0.25, -0.2) is 8.78 Å². The van der Waals surface area contributed by atoms with Gasteiger partial charge in [-0.15, -0.1) is 0 Å². The summed E-state index contributed by atoms with van der Waals surface area (Å²) in [6.07, 6.45) is 2.08. The Balaban J connectivity index is 1.83. The van der Waals surface area contributed by atoms with Gasteiger partial charge in [0.1, 0.15) is 11.6 Å². The van der Waals surface area contributed by atoms with Crippen LogP contribution in [0.25, 0.3) is 0 Å². The Bertz CT molecular complexity index is 673. The zero-order valence-electron chi connectivity index (χ0n) is 13.8. The highest BCUT2D eigenvalue weighted by atomic mass is 19.1. The predicted molar refractivity (Wildman–Crippen MR) is 85.0 cm³/mol. The first-order valence-corrected chi connectivity index (χ1v) is 8.49. The van der Waals surface area contributed by atoms with Crippen molar-refractivity contribution in [3.05, 3.63) is 35.4 Å². The number of amides is 1. The van der Waals surface area contributed by atoms with Gasteiger partial charge in [0.25, 0.3) is 0 Å². The van der Waals surface area contributed by atoms with E-state index in [9.17, 15) is 18.4 Å². The van der Waals surface area contributed by atoms with E-state index in [2.05, 4.69) is 5.32 Å². The number of carbonyl (C=O) groups is 2. The fraction of sp³-hybridized carbons (Fsp3) is 0.556. The molecule has 1 heterocycles. The van der Waals surface area contributed by atoms with Crippen molar-refractivity contribution in [3.63, 3.8) is 0 Å². The second-order valence-corrected chi connectivity index (χ2v) is 6.84. The average Bonchev–Trinajstić information content (AvgIpc) is 3.04. The fourth-order valence-electron chi connectivity index (χ4n) is 3.88. The first-order valence-electron chi connectivity index (χ1n) is 8.49. The molecule has 25 heavy (non-hydrogen) atoms. The van der Waals surface area contributed by atoms with Gasteiger partial charge < -0.3 is 15.2 Å². The summed E-state index contributed by atoms with van der Waals surface area (Å²) in [5.74, 6) is -3.09. The zero-order valence-corrected chi connectivity index (χ0v) is 13.8. The molecule has 7 heteroatoms. The number of carboxylic acids is 1. The monoisotopic (exact) mass is 353 g/mol. The van der Waals surface area contributed by atoms with Crippen LogP contribution in [0.4, 0.5) is 8.78 Å². The molecule has 0 spiro atoms. The van der Waals surface area contributed by atoms with E-state index in [0.717, 1.165) is 12.1 Å². The molecule has 1 aromatic carbocycles. The van der Waals surface area contributed by atoms with Crippen molar-refractivity contribution in [2.24, 2.45) is 5.92 Å². The zero-order chi connectivity index (χ0) is 18.0. The summed E-state index contributed by atoms with van der Waals surface area (Å²) in [5, 5.41) is 12.0. The minimum atomic E-state index is -1.11. The van der Waals surface area contributed by atoms with Crippen molar-refractivity contribution in [2.75, 3.05) is 13.2 Å². The highest BCUT2D eigenvalue weighted by Gasteiger charge is 2.45. The number of aliphatic carboxylic acids is 1. The minimum absolute atomic E-state index is 0.169. The number of hydrogen-bond acceptors (Lipinski definition) is 3. The average molecular weight is 353 g/mol. The lowest BCUT2D eigenvalue weighted by molar-refractivity contribution is -0.141. The highest BCUT2D eigenvalue weighted by molar-refractivity contribution is 5.88. The number of halogens is 2. The number of rotatable bonds is 4. The van der Waals surface area contributed by atoms with Crippen LogP contribution in [0, 0.1) is 17.6 Å². The smallest absolute Gasteiger partial charge is 0.306 e. The molecule has 1 aromatic rings. The number of ether oxygens (including phenoxy) is 1. The van der Waals surface area contributed by atoms with Crippen molar-refractivity contribution >= 4 is 11.9 Å². The third-order valence-electron chi connectivity index (χ3n) is 5.34. The number of benzene rings is 1. The van der Waals surface area contributed by atoms with Gasteiger partial charge in [-0.3, -0.25) is 9.59 Å². The molecular formula is C18H21F2NO4. The van der Waals surface area contributed by atoms with Crippen molar-refractivity contribution in [3.8, 4) is 0 Å². The van der Waals surface area contributed by atoms with E-state index >= 15 is 0 Å². The lowest BCUT2D eigenvalue weighted by Gasteiger charge is -2.37. The molecule has 3 rings (SSSR count). The lowest BCUT2D eigenvalue weighted by atomic mass is 9.73. The molecule has 0 aromatic heterocycles. The van der Waals surface area contributed by atoms with Gasteiger partial charge in [0.15, 0.2) is 0 Å². The van der Waals surface area contributed by atoms with E-state index in [1.54, 1.807) is 0 Å². The van der Waals surface area contributed by atoms with Crippen LogP contribution in [0.15, 0.2) is 18.2 Å². The van der Waals surface area contributed by atoms with Crippen LogP contribution in [0.1, 0.15) is 37.7 Å². The SMILES string of the molecule is O=C(O)[C@@H]1CC[C@H](NC(=O)C2(c3ccc(F)cc3F)CCOCC2)C1. The molecule has 1 saturated heterocycles. The fourth-order valence-corrected chi connectivity index (χ4v) is 3.88. The molecule has 2 atom stereocenters. The van der Waals surface area contributed by atoms with Crippen LogP contribution in [-0.4, -0.2) is 36.2 Å². The largest absolute Gasteiger partial charge is 0.481 e. The Morgan fingerprint density at radius 1 is 1.20 bits per heavy atom. The Kier molecular flexibility index (Phi) is 5.03. The molecule has 2 fully saturated rings. The third-order valence-corrected chi connectivity index (χ3v) is 5.34. The molecule has 1 aliphatic heterocycles. The van der Waals surface area contributed by atoms with Gasteiger partial charge >= 0.3 is 5.97 Å². The number of carbonyl (C=O) groups excluding carboxylic acids is 1. The van der Waals surface area contributed by atoms with E-state index in [1.807, 2.05) is 0 Å². The van der Waals surface area contributed by atoms with Crippen LogP contribution in [-0.2, 0) is 19.7 Å². The molecule has 0 bridgehead atoms. The van der Waals surface area contributed by atoms with Crippen molar-refractivity contribution in [2.45, 2.75) is 43.6 Å². The van der Waals surface area contributed by atoms with Crippen LogP contribution in [0.5, 0.6) is 0 Å². The van der Waals surface area contributed by atoms with Gasteiger partial charge in [-0.2, -0.15) is 0 Å². The number of nitrogens with one attached hydrogen (secondary N) is 1. The number of hydrogen-bond donors (Lipinski definition) is 2. The van der Waals surface area contributed by atoms with Crippen molar-refractivity contribution in [1.29, 1.82) is 0 Å². The molecule has 1 aliphatic carbocycles. The van der Waals surface area contributed by atoms with Crippen LogP contribution < -0.4 is 5.32 Å². The molecular weight excluding hydrogens is 332 g/mol. The standard InChI is InChI=1S/C18H21F2NO4/c19-12-2-4-14(15(20)10-12)18(5-7-25-8-6-18)17(24)21-13-3-1-11(9-13)16(22)23/h2,4,10-11,13H,1,3,5-9H2,(H,21,24)(H,22,23)/t11-,13+/m1/s1. The van der Waals surface area contributed by atoms with Crippen LogP contribution in [0.2, 0.25) is 0 Å². The molecule has 0 unspecified atom stereocenters. The van der Waals surface area contributed by atoms with Crippen molar-refractivity contribution in [1.82, 2.24) is 5.32 Å². The normalized spacial score (nSPS) is 25.5. The summed E-state index contributed by atoms with van der Waals surface area (Å²) in [4.78, 5) is 24.1. The van der Waals surface area contributed by atoms with Gasteiger partial charge in [0.2, 0.25) is 5.91 Å². The Morgan fingerprint density at radius 3 is 2.52 bits per heavy atom. The molecule has 5 nitrogen and oxygen atoms in total. The highest BCUT2D eigenvalue weighted by Crippen LogP contribution is 2.38. The molecule has 0 radical (unpaired) electrons. The maximum Gasteiger partial charge on any atom is 0.306 e. The minimum Gasteiger partial charge on any atom is -0.481 e. The Morgan fingerprint density at radius 2 is 1.92 bits per heavy atom. The van der Waals surface area contributed by atoms with Gasteiger partial charge in [-0.05, 0) is 38.2 Å². The van der Waals surface area contributed by atoms with Crippen LogP contribution >= 0.6 is 0 Å². The summed E-state index contributed by atoms with van der Waals surface area (Å²) in [6.45, 7) is 0.624. The molecule has 136 valence electrons. The summed E-state index contributed by atoms with van der Waals surface area (Å²) >= 11 is 0. The Hall–Kier alpha value is -2.02.